The first-order chi connectivity index (χ1) is 12.4. The number of amides is 2. The van der Waals surface area contributed by atoms with Gasteiger partial charge in [-0.1, -0.05) is 12.5 Å². The highest BCUT2D eigenvalue weighted by Crippen LogP contribution is 2.43. The Balaban J connectivity index is 1.59. The molecule has 142 valence electrons. The highest BCUT2D eigenvalue weighted by molar-refractivity contribution is 5.82. The zero-order valence-electron chi connectivity index (χ0n) is 14.7. The van der Waals surface area contributed by atoms with Gasteiger partial charge in [0.1, 0.15) is 0 Å². The van der Waals surface area contributed by atoms with E-state index < -0.39 is 17.7 Å². The molecule has 1 aromatic carbocycles. The van der Waals surface area contributed by atoms with E-state index in [0.717, 1.165) is 37.3 Å². The third kappa shape index (κ3) is 3.72. The number of rotatable bonds is 6. The molecule has 0 spiro atoms. The number of hydrogen-bond acceptors (Lipinski definition) is 3. The van der Waals surface area contributed by atoms with Gasteiger partial charge < -0.3 is 16.0 Å². The summed E-state index contributed by atoms with van der Waals surface area (Å²) in [6.07, 6.45) is 4.88. The van der Waals surface area contributed by atoms with E-state index in [4.69, 9.17) is 5.73 Å². The quantitative estimate of drug-likeness (QED) is 0.754. The molecule has 1 saturated carbocycles. The molecular weight excluding hydrogens is 340 g/mol. The summed E-state index contributed by atoms with van der Waals surface area (Å²) in [5.41, 5.74) is 6.50. The van der Waals surface area contributed by atoms with E-state index in [1.54, 1.807) is 11.0 Å². The predicted octanol–water partition coefficient (Wildman–Crippen LogP) is 1.70. The molecule has 1 saturated heterocycles. The van der Waals surface area contributed by atoms with Gasteiger partial charge in [-0.15, -0.1) is 0 Å². The third-order valence-electron chi connectivity index (χ3n) is 5.98. The highest BCUT2D eigenvalue weighted by atomic mass is 19.2. The first-order valence-corrected chi connectivity index (χ1v) is 9.13. The van der Waals surface area contributed by atoms with Crippen molar-refractivity contribution < 1.29 is 18.4 Å². The largest absolute Gasteiger partial charge is 0.354 e. The van der Waals surface area contributed by atoms with Crippen molar-refractivity contribution in [2.75, 3.05) is 19.6 Å². The minimum Gasteiger partial charge on any atom is -0.354 e. The number of halogens is 2. The van der Waals surface area contributed by atoms with E-state index in [2.05, 4.69) is 5.32 Å². The Labute approximate surface area is 151 Å². The highest BCUT2D eigenvalue weighted by Gasteiger charge is 2.40. The number of nitrogens with one attached hydrogen (secondary N) is 1. The van der Waals surface area contributed by atoms with Gasteiger partial charge in [0.25, 0.3) is 0 Å². The molecule has 0 aromatic heterocycles. The number of carbonyl (C=O) groups excluding carboxylic acids is 2. The van der Waals surface area contributed by atoms with Crippen LogP contribution in [0.15, 0.2) is 18.2 Å². The molecule has 1 aliphatic carbocycles. The van der Waals surface area contributed by atoms with E-state index in [1.807, 2.05) is 0 Å². The number of likely N-dealkylation sites (tertiary alicyclic amines) is 1. The minimum absolute atomic E-state index is 0.0480. The molecule has 1 unspecified atom stereocenters. The standard InChI is InChI=1S/C19H25F2N3O2/c20-15-3-2-14(10-16(15)21)19(6-1-7-19)11-23-18(26)17(22)13-4-8-24(12-25)9-5-13/h2-3,10,12-13,17H,1,4-9,11,22H2,(H,23,26). The normalized spacial score (nSPS) is 21.0. The monoisotopic (exact) mass is 365 g/mol. The summed E-state index contributed by atoms with van der Waals surface area (Å²) in [5.74, 6) is -1.90. The molecule has 2 amide bonds. The minimum atomic E-state index is -0.865. The van der Waals surface area contributed by atoms with Crippen LogP contribution in [0.1, 0.15) is 37.7 Å². The molecule has 1 aromatic rings. The fourth-order valence-corrected chi connectivity index (χ4v) is 3.97. The van der Waals surface area contributed by atoms with Gasteiger partial charge in [-0.25, -0.2) is 8.78 Å². The van der Waals surface area contributed by atoms with Crippen molar-refractivity contribution >= 4 is 12.3 Å². The zero-order valence-corrected chi connectivity index (χ0v) is 14.7. The second-order valence-electron chi connectivity index (χ2n) is 7.49. The molecule has 1 aliphatic heterocycles. The molecule has 2 fully saturated rings. The lowest BCUT2D eigenvalue weighted by Gasteiger charge is -2.43. The molecule has 0 radical (unpaired) electrons. The van der Waals surface area contributed by atoms with Crippen molar-refractivity contribution in [3.05, 3.63) is 35.4 Å². The molecule has 5 nitrogen and oxygen atoms in total. The topological polar surface area (TPSA) is 75.4 Å². The number of nitrogens with two attached hydrogens (primary N) is 1. The first-order valence-electron chi connectivity index (χ1n) is 9.13. The smallest absolute Gasteiger partial charge is 0.237 e. The van der Waals surface area contributed by atoms with E-state index in [-0.39, 0.29) is 17.2 Å². The van der Waals surface area contributed by atoms with Crippen LogP contribution in [0.3, 0.4) is 0 Å². The number of carbonyl (C=O) groups is 2. The first kappa shape index (κ1) is 18.8. The maximum Gasteiger partial charge on any atom is 0.237 e. The van der Waals surface area contributed by atoms with E-state index in [0.29, 0.717) is 32.5 Å². The number of hydrogen-bond donors (Lipinski definition) is 2. The number of nitrogens with zero attached hydrogens (tertiary/aromatic N) is 1. The van der Waals surface area contributed by atoms with Gasteiger partial charge in [0.05, 0.1) is 6.04 Å². The summed E-state index contributed by atoms with van der Waals surface area (Å²) in [4.78, 5) is 24.9. The Morgan fingerprint density at radius 3 is 2.54 bits per heavy atom. The van der Waals surface area contributed by atoms with Crippen LogP contribution >= 0.6 is 0 Å². The summed E-state index contributed by atoms with van der Waals surface area (Å²) < 4.78 is 26.8. The summed E-state index contributed by atoms with van der Waals surface area (Å²) in [6, 6.07) is 3.35. The molecule has 3 N–H and O–H groups in total. The van der Waals surface area contributed by atoms with Crippen molar-refractivity contribution in [3.63, 3.8) is 0 Å². The molecule has 2 aliphatic rings. The summed E-state index contributed by atoms with van der Waals surface area (Å²) >= 11 is 0. The van der Waals surface area contributed by atoms with Gasteiger partial charge in [-0.2, -0.15) is 0 Å². The van der Waals surface area contributed by atoms with E-state index in [1.165, 1.54) is 6.07 Å². The summed E-state index contributed by atoms with van der Waals surface area (Å²) in [5, 5.41) is 2.92. The molecule has 26 heavy (non-hydrogen) atoms. The van der Waals surface area contributed by atoms with E-state index in [9.17, 15) is 18.4 Å². The van der Waals surface area contributed by atoms with Crippen LogP contribution in [-0.4, -0.2) is 42.9 Å². The molecule has 7 heteroatoms. The average molecular weight is 365 g/mol. The third-order valence-corrected chi connectivity index (χ3v) is 5.98. The summed E-state index contributed by atoms with van der Waals surface area (Å²) in [6.45, 7) is 1.61. The number of piperidine rings is 1. The fraction of sp³-hybridized carbons (Fsp3) is 0.579. The van der Waals surface area contributed by atoms with Crippen molar-refractivity contribution in [1.29, 1.82) is 0 Å². The van der Waals surface area contributed by atoms with Crippen LogP contribution in [0.5, 0.6) is 0 Å². The van der Waals surface area contributed by atoms with Gasteiger partial charge >= 0.3 is 0 Å². The van der Waals surface area contributed by atoms with Gasteiger partial charge in [-0.3, -0.25) is 9.59 Å². The maximum atomic E-state index is 13.6. The molecule has 1 atom stereocenters. The lowest BCUT2D eigenvalue weighted by molar-refractivity contribution is -0.124. The predicted molar refractivity (Wildman–Crippen MR) is 93.2 cm³/mol. The molecule has 3 rings (SSSR count). The Hall–Kier alpha value is -2.02. The SMILES string of the molecule is NC(C(=O)NCC1(c2ccc(F)c(F)c2)CCC1)C1CCN(C=O)CC1. The Kier molecular flexibility index (Phi) is 5.55. The van der Waals surface area contributed by atoms with Gasteiger partial charge in [0.2, 0.25) is 12.3 Å². The zero-order chi connectivity index (χ0) is 18.7. The number of benzene rings is 1. The van der Waals surface area contributed by atoms with E-state index >= 15 is 0 Å². The fourth-order valence-electron chi connectivity index (χ4n) is 3.97. The van der Waals surface area contributed by atoms with Crippen LogP contribution in [-0.2, 0) is 15.0 Å². The Morgan fingerprint density at radius 2 is 2.00 bits per heavy atom. The lowest BCUT2D eigenvalue weighted by atomic mass is 9.64. The van der Waals surface area contributed by atoms with Crippen molar-refractivity contribution in [2.24, 2.45) is 11.7 Å². The van der Waals surface area contributed by atoms with Gasteiger partial charge in [0, 0.05) is 25.0 Å². The van der Waals surface area contributed by atoms with Crippen molar-refractivity contribution in [1.82, 2.24) is 10.2 Å². The van der Waals surface area contributed by atoms with Crippen LogP contribution in [0.25, 0.3) is 0 Å². The maximum absolute atomic E-state index is 13.6. The molecule has 1 heterocycles. The molecular formula is C19H25F2N3O2. The Bertz CT molecular complexity index is 671. The van der Waals surface area contributed by atoms with Crippen molar-refractivity contribution in [3.8, 4) is 0 Å². The van der Waals surface area contributed by atoms with Crippen LogP contribution in [0, 0.1) is 17.6 Å². The molecule has 0 bridgehead atoms. The second kappa shape index (κ2) is 7.70. The van der Waals surface area contributed by atoms with Crippen molar-refractivity contribution in [2.45, 2.75) is 43.6 Å². The lowest BCUT2D eigenvalue weighted by Crippen LogP contribution is -2.53. The average Bonchev–Trinajstić information content (AvgIpc) is 2.63. The van der Waals surface area contributed by atoms with Crippen LogP contribution in [0.4, 0.5) is 8.78 Å². The second-order valence-corrected chi connectivity index (χ2v) is 7.49. The Morgan fingerprint density at radius 1 is 1.31 bits per heavy atom. The van der Waals surface area contributed by atoms with Gasteiger partial charge in [0.15, 0.2) is 11.6 Å². The van der Waals surface area contributed by atoms with Gasteiger partial charge in [-0.05, 0) is 49.3 Å². The summed E-state index contributed by atoms with van der Waals surface area (Å²) in [7, 11) is 0. The van der Waals surface area contributed by atoms with Crippen LogP contribution in [0.2, 0.25) is 0 Å². The van der Waals surface area contributed by atoms with Crippen LogP contribution < -0.4 is 11.1 Å².